The van der Waals surface area contributed by atoms with Crippen molar-refractivity contribution in [2.45, 2.75) is 38.0 Å². The van der Waals surface area contributed by atoms with Crippen LogP contribution in [0.4, 0.5) is 34.1 Å². The van der Waals surface area contributed by atoms with E-state index in [1.54, 1.807) is 0 Å². The lowest BCUT2D eigenvalue weighted by molar-refractivity contribution is 0.444. The lowest BCUT2D eigenvalue weighted by Gasteiger charge is -2.45. The van der Waals surface area contributed by atoms with Gasteiger partial charge in [-0.15, -0.1) is 0 Å². The van der Waals surface area contributed by atoms with Crippen molar-refractivity contribution in [2.24, 2.45) is 0 Å². The highest BCUT2D eigenvalue weighted by atomic mass is 15.2. The Labute approximate surface area is 334 Å². The topological polar surface area (TPSA) is 45.2 Å². The Morgan fingerprint density at radius 1 is 0.404 bits per heavy atom. The molecule has 0 amide bonds. The maximum absolute atomic E-state index is 4.34. The normalized spacial score (nSPS) is 14.5. The molecule has 0 atom stereocenters. The Hall–Kier alpha value is -6.79. The van der Waals surface area contributed by atoms with Crippen LogP contribution < -0.4 is 26.2 Å². The highest BCUT2D eigenvalue weighted by molar-refractivity contribution is 7.00. The Balaban J connectivity index is 1.16. The van der Waals surface area contributed by atoms with Gasteiger partial charge in [-0.25, -0.2) is 0 Å². The number of pyridine rings is 3. The zero-order chi connectivity index (χ0) is 37.7. The van der Waals surface area contributed by atoms with Gasteiger partial charge in [-0.2, -0.15) is 0 Å². The van der Waals surface area contributed by atoms with Gasteiger partial charge in [0, 0.05) is 71.3 Å². The number of hydrogen-bond acceptors (Lipinski definition) is 5. The van der Waals surface area contributed by atoms with Gasteiger partial charge in [0.05, 0.1) is 0 Å². The number of anilines is 6. The zero-order valence-electron chi connectivity index (χ0n) is 31.7. The third-order valence-electron chi connectivity index (χ3n) is 12.4. The Morgan fingerprint density at radius 2 is 0.860 bits per heavy atom. The third kappa shape index (κ3) is 5.83. The molecule has 0 saturated heterocycles. The van der Waals surface area contributed by atoms with Gasteiger partial charge in [0.2, 0.25) is 0 Å². The lowest BCUT2D eigenvalue weighted by atomic mass is 9.33. The maximum Gasteiger partial charge on any atom is 0.252 e. The predicted molar refractivity (Wildman–Crippen MR) is 236 cm³/mol. The summed E-state index contributed by atoms with van der Waals surface area (Å²) in [5, 5.41) is 0. The van der Waals surface area contributed by atoms with Crippen LogP contribution in [0, 0.1) is 0 Å². The van der Waals surface area contributed by atoms with Gasteiger partial charge < -0.3 is 9.80 Å². The number of para-hydroxylation sites is 1. The van der Waals surface area contributed by atoms with E-state index in [9.17, 15) is 0 Å². The molecule has 11 rings (SSSR count). The van der Waals surface area contributed by atoms with Crippen molar-refractivity contribution in [1.29, 1.82) is 0 Å². The fraction of sp³-hybridized carbons (Fsp3) is 0.118. The first kappa shape index (κ1) is 33.5. The molecule has 6 heteroatoms. The zero-order valence-corrected chi connectivity index (χ0v) is 31.7. The molecule has 1 aliphatic carbocycles. The molecular formula is C51H40BN5. The summed E-state index contributed by atoms with van der Waals surface area (Å²) in [6, 6.07) is 52.0. The average molecular weight is 734 g/mol. The number of benzene rings is 5. The van der Waals surface area contributed by atoms with E-state index in [1.165, 1.54) is 105 Å². The average Bonchev–Trinajstić information content (AvgIpc) is 3.30. The lowest BCUT2D eigenvalue weighted by Crippen LogP contribution is -2.61. The number of aromatic nitrogens is 3. The molecule has 272 valence electrons. The van der Waals surface area contributed by atoms with Crippen molar-refractivity contribution in [1.82, 2.24) is 15.0 Å². The van der Waals surface area contributed by atoms with Crippen molar-refractivity contribution in [3.05, 3.63) is 182 Å². The number of nitrogens with zero attached hydrogens (tertiary/aromatic N) is 5. The summed E-state index contributed by atoms with van der Waals surface area (Å²) in [4.78, 5) is 17.9. The molecule has 8 aromatic rings. The number of hydrogen-bond donors (Lipinski definition) is 0. The predicted octanol–water partition coefficient (Wildman–Crippen LogP) is 11.0. The molecule has 1 saturated carbocycles. The highest BCUT2D eigenvalue weighted by Gasteiger charge is 2.44. The van der Waals surface area contributed by atoms with E-state index in [0.717, 1.165) is 16.9 Å². The molecule has 57 heavy (non-hydrogen) atoms. The second-order valence-electron chi connectivity index (χ2n) is 15.5. The van der Waals surface area contributed by atoms with Crippen LogP contribution >= 0.6 is 0 Å². The van der Waals surface area contributed by atoms with Crippen LogP contribution in [0.1, 0.15) is 43.6 Å². The Morgan fingerprint density at radius 3 is 1.40 bits per heavy atom. The monoisotopic (exact) mass is 733 g/mol. The van der Waals surface area contributed by atoms with Crippen molar-refractivity contribution in [3.63, 3.8) is 0 Å². The number of rotatable bonds is 6. The molecule has 0 unspecified atom stereocenters. The van der Waals surface area contributed by atoms with Crippen LogP contribution in [0.25, 0.3) is 33.4 Å². The first-order valence-corrected chi connectivity index (χ1v) is 20.2. The molecule has 5 aromatic carbocycles. The van der Waals surface area contributed by atoms with E-state index in [2.05, 4.69) is 164 Å². The van der Waals surface area contributed by atoms with Crippen LogP contribution in [-0.2, 0) is 0 Å². The summed E-state index contributed by atoms with van der Waals surface area (Å²) in [7, 11) is 0. The van der Waals surface area contributed by atoms with Crippen molar-refractivity contribution in [2.75, 3.05) is 9.80 Å². The van der Waals surface area contributed by atoms with Crippen LogP contribution in [0.5, 0.6) is 0 Å². The van der Waals surface area contributed by atoms with Gasteiger partial charge in [-0.1, -0.05) is 73.9 Å². The first-order chi connectivity index (χ1) is 28.3. The van der Waals surface area contributed by atoms with Crippen LogP contribution in [0.15, 0.2) is 177 Å². The van der Waals surface area contributed by atoms with Crippen LogP contribution in [0.3, 0.4) is 0 Å². The smallest absolute Gasteiger partial charge is 0.252 e. The molecule has 3 aliphatic rings. The standard InChI is InChI=1S/C51H40BN5/c1-2-6-35(7-3-1)42-33-49-51-50(34-42)57(44-17-12-37(13-18-44)39-22-28-54-29-23-39)48-19-14-41(40-24-30-55-31-25-40)32-46(48)52(51)45-8-4-5-9-47(45)56(49)43-15-10-36(11-16-43)38-20-26-53-27-21-38/h4-5,8-35H,1-3,6-7H2. The summed E-state index contributed by atoms with van der Waals surface area (Å²) in [6.45, 7) is 0.0445. The van der Waals surface area contributed by atoms with Gasteiger partial charge in [0.1, 0.15) is 0 Å². The second kappa shape index (κ2) is 14.1. The summed E-state index contributed by atoms with van der Waals surface area (Å²) in [5.41, 5.74) is 19.8. The molecular weight excluding hydrogens is 693 g/mol. The molecule has 2 aliphatic heterocycles. The molecule has 0 radical (unpaired) electrons. The Bertz CT molecular complexity index is 2700. The van der Waals surface area contributed by atoms with E-state index in [-0.39, 0.29) is 6.71 Å². The van der Waals surface area contributed by atoms with E-state index in [0.29, 0.717) is 5.92 Å². The summed E-state index contributed by atoms with van der Waals surface area (Å²) in [6.07, 6.45) is 17.6. The van der Waals surface area contributed by atoms with Crippen molar-refractivity contribution in [3.8, 4) is 33.4 Å². The summed E-state index contributed by atoms with van der Waals surface area (Å²) >= 11 is 0. The van der Waals surface area contributed by atoms with Crippen molar-refractivity contribution < 1.29 is 0 Å². The molecule has 0 N–H and O–H groups in total. The SMILES string of the molecule is c1ccc2c(c1)B1c3cc(-c4ccncc4)ccc3N(c3ccc(-c4ccncc4)cc3)c3cc(C4CCCCC4)cc(c31)N2c1ccc(-c2ccncc2)cc1. The van der Waals surface area contributed by atoms with Crippen molar-refractivity contribution >= 4 is 57.2 Å². The second-order valence-corrected chi connectivity index (χ2v) is 15.5. The van der Waals surface area contributed by atoms with Gasteiger partial charge >= 0.3 is 0 Å². The minimum Gasteiger partial charge on any atom is -0.311 e. The van der Waals surface area contributed by atoms with E-state index in [4.69, 9.17) is 0 Å². The molecule has 0 bridgehead atoms. The summed E-state index contributed by atoms with van der Waals surface area (Å²) in [5.74, 6) is 0.526. The Kier molecular flexibility index (Phi) is 8.27. The fourth-order valence-corrected chi connectivity index (χ4v) is 9.62. The molecule has 3 aromatic heterocycles. The minimum atomic E-state index is 0.0445. The summed E-state index contributed by atoms with van der Waals surface area (Å²) < 4.78 is 0. The van der Waals surface area contributed by atoms with E-state index >= 15 is 0 Å². The maximum atomic E-state index is 4.34. The fourth-order valence-electron chi connectivity index (χ4n) is 9.62. The third-order valence-corrected chi connectivity index (χ3v) is 12.4. The van der Waals surface area contributed by atoms with Gasteiger partial charge in [0.15, 0.2) is 0 Å². The highest BCUT2D eigenvalue weighted by Crippen LogP contribution is 2.47. The molecule has 0 spiro atoms. The first-order valence-electron chi connectivity index (χ1n) is 20.2. The van der Waals surface area contributed by atoms with E-state index < -0.39 is 0 Å². The largest absolute Gasteiger partial charge is 0.311 e. The van der Waals surface area contributed by atoms with Crippen LogP contribution in [-0.4, -0.2) is 21.7 Å². The number of fused-ring (bicyclic) bond motifs is 4. The van der Waals surface area contributed by atoms with E-state index in [1.807, 2.05) is 37.2 Å². The molecule has 5 nitrogen and oxygen atoms in total. The molecule has 1 fully saturated rings. The van der Waals surface area contributed by atoms with Gasteiger partial charge in [-0.3, -0.25) is 15.0 Å². The van der Waals surface area contributed by atoms with Gasteiger partial charge in [-0.05, 0) is 159 Å². The quantitative estimate of drug-likeness (QED) is 0.159. The van der Waals surface area contributed by atoms with Gasteiger partial charge in [0.25, 0.3) is 6.71 Å². The minimum absolute atomic E-state index is 0.0445. The molecule has 5 heterocycles. The van der Waals surface area contributed by atoms with Crippen LogP contribution in [0.2, 0.25) is 0 Å².